The first-order chi connectivity index (χ1) is 6.69. The van der Waals surface area contributed by atoms with Gasteiger partial charge in [0.1, 0.15) is 31.0 Å². The van der Waals surface area contributed by atoms with Crippen LogP contribution in [0.3, 0.4) is 0 Å². The van der Waals surface area contributed by atoms with Crippen LogP contribution in [-0.4, -0.2) is 88.7 Å². The summed E-state index contributed by atoms with van der Waals surface area (Å²) in [5.74, 6) is 0. The summed E-state index contributed by atoms with van der Waals surface area (Å²) in [4.78, 5) is 0. The number of aliphatic hydroxyl groups is 5. The second kappa shape index (κ2) is 7.54. The zero-order valence-electron chi connectivity index (χ0n) is 9.82. The minimum absolute atomic E-state index is 0. The monoisotopic (exact) mass is 304 g/mol. The average Bonchev–Trinajstić information content (AvgIpc) is 2.11. The quantitative estimate of drug-likeness (QED) is 0.356. The molecule has 7 heteroatoms. The summed E-state index contributed by atoms with van der Waals surface area (Å²) >= 11 is 0. The van der Waals surface area contributed by atoms with Crippen molar-refractivity contribution in [1.29, 1.82) is 0 Å². The predicted octanol–water partition coefficient (Wildman–Crippen LogP) is -2.29. The molecule has 0 aliphatic rings. The van der Waals surface area contributed by atoms with Gasteiger partial charge in [0.15, 0.2) is 0 Å². The number of hydrogen-bond donors (Lipinski definition) is 5. The Hall–Kier alpha value is 0.240. The van der Waals surface area contributed by atoms with Crippen molar-refractivity contribution in [2.45, 2.75) is 24.4 Å². The van der Waals surface area contributed by atoms with Crippen molar-refractivity contribution in [3.63, 3.8) is 0 Å². The minimum Gasteiger partial charge on any atom is -0.394 e. The van der Waals surface area contributed by atoms with Crippen molar-refractivity contribution in [3.8, 4) is 0 Å². The van der Waals surface area contributed by atoms with Crippen molar-refractivity contribution in [1.82, 2.24) is 0 Å². The molecule has 0 aromatic heterocycles. The molecule has 0 aromatic rings. The molecule has 0 bridgehead atoms. The molecule has 6 nitrogen and oxygen atoms in total. The van der Waals surface area contributed by atoms with Crippen LogP contribution >= 0.6 is 17.0 Å². The van der Waals surface area contributed by atoms with Gasteiger partial charge < -0.3 is 30.0 Å². The molecule has 0 amide bonds. The van der Waals surface area contributed by atoms with Gasteiger partial charge in [-0.2, -0.15) is 0 Å². The fourth-order valence-corrected chi connectivity index (χ4v) is 1.23. The number of hydrogen-bond acceptors (Lipinski definition) is 5. The van der Waals surface area contributed by atoms with Crippen molar-refractivity contribution in [3.05, 3.63) is 0 Å². The molecule has 0 saturated carbocycles. The number of aliphatic hydroxyl groups excluding tert-OH is 5. The SMILES string of the molecule is Br.C[N+](C)(C)CC(O)C(O)C(O)C(O)CO. The smallest absolute Gasteiger partial charge is 0.131 e. The van der Waals surface area contributed by atoms with E-state index in [1.807, 2.05) is 21.1 Å². The number of halogens is 1. The van der Waals surface area contributed by atoms with Gasteiger partial charge in [0, 0.05) is 0 Å². The second-order valence-electron chi connectivity index (χ2n) is 4.77. The normalized spacial score (nSPS) is 19.5. The van der Waals surface area contributed by atoms with E-state index in [0.717, 1.165) is 0 Å². The van der Waals surface area contributed by atoms with E-state index in [1.54, 1.807) is 0 Å². The molecule has 4 atom stereocenters. The number of quaternary nitrogens is 1. The average molecular weight is 305 g/mol. The third-order valence-corrected chi connectivity index (χ3v) is 2.06. The van der Waals surface area contributed by atoms with E-state index >= 15 is 0 Å². The maximum Gasteiger partial charge on any atom is 0.131 e. The molecule has 0 saturated heterocycles. The zero-order chi connectivity index (χ0) is 12.2. The van der Waals surface area contributed by atoms with Crippen LogP contribution < -0.4 is 0 Å². The van der Waals surface area contributed by atoms with E-state index < -0.39 is 31.0 Å². The Labute approximate surface area is 106 Å². The molecular formula is C9H23BrNO5+. The Balaban J connectivity index is 0. The van der Waals surface area contributed by atoms with Gasteiger partial charge in [-0.25, -0.2) is 0 Å². The molecule has 16 heavy (non-hydrogen) atoms. The molecule has 0 radical (unpaired) electrons. The molecule has 0 aromatic carbocycles. The predicted molar refractivity (Wildman–Crippen MR) is 64.3 cm³/mol. The molecule has 0 aliphatic heterocycles. The highest BCUT2D eigenvalue weighted by molar-refractivity contribution is 8.93. The third kappa shape index (κ3) is 6.74. The first kappa shape index (κ1) is 18.6. The largest absolute Gasteiger partial charge is 0.394 e. The van der Waals surface area contributed by atoms with Crippen LogP contribution in [0.4, 0.5) is 0 Å². The van der Waals surface area contributed by atoms with Crippen LogP contribution in [-0.2, 0) is 0 Å². The van der Waals surface area contributed by atoms with Gasteiger partial charge in [0.25, 0.3) is 0 Å². The lowest BCUT2D eigenvalue weighted by atomic mass is 10.0. The van der Waals surface area contributed by atoms with Gasteiger partial charge in [0.05, 0.1) is 27.7 Å². The number of rotatable bonds is 6. The lowest BCUT2D eigenvalue weighted by Crippen LogP contribution is -2.52. The molecule has 0 fully saturated rings. The summed E-state index contributed by atoms with van der Waals surface area (Å²) in [6.45, 7) is -0.425. The molecule has 0 heterocycles. The number of nitrogens with zero attached hydrogens (tertiary/aromatic N) is 1. The molecule has 0 spiro atoms. The van der Waals surface area contributed by atoms with Crippen LogP contribution in [0.15, 0.2) is 0 Å². The topological polar surface area (TPSA) is 101 Å². The van der Waals surface area contributed by atoms with E-state index in [1.165, 1.54) is 0 Å². The summed E-state index contributed by atoms with van der Waals surface area (Å²) in [5, 5.41) is 46.0. The number of likely N-dealkylation sites (N-methyl/N-ethyl adjacent to an activating group) is 1. The van der Waals surface area contributed by atoms with Gasteiger partial charge in [-0.15, -0.1) is 17.0 Å². The van der Waals surface area contributed by atoms with Crippen LogP contribution in [0.5, 0.6) is 0 Å². The first-order valence-corrected chi connectivity index (χ1v) is 4.82. The van der Waals surface area contributed by atoms with Gasteiger partial charge in [-0.05, 0) is 0 Å². The highest BCUT2D eigenvalue weighted by Gasteiger charge is 2.32. The fourth-order valence-electron chi connectivity index (χ4n) is 1.23. The molecular weight excluding hydrogens is 282 g/mol. The Morgan fingerprint density at radius 2 is 1.25 bits per heavy atom. The molecule has 5 N–H and O–H groups in total. The molecule has 0 aliphatic carbocycles. The lowest BCUT2D eigenvalue weighted by Gasteiger charge is -2.31. The van der Waals surface area contributed by atoms with E-state index in [-0.39, 0.29) is 23.5 Å². The van der Waals surface area contributed by atoms with E-state index in [4.69, 9.17) is 10.2 Å². The van der Waals surface area contributed by atoms with E-state index in [2.05, 4.69) is 0 Å². The molecule has 4 unspecified atom stereocenters. The van der Waals surface area contributed by atoms with Gasteiger partial charge in [-0.1, -0.05) is 0 Å². The standard InChI is InChI=1S/C9H22NO5.BrH/c1-10(2,3)4-6(12)8(14)9(15)7(13)5-11;/h6-9,11-15H,4-5H2,1-3H3;1H/q+1;. The maximum atomic E-state index is 9.55. The van der Waals surface area contributed by atoms with Gasteiger partial charge in [-0.3, -0.25) is 0 Å². The highest BCUT2D eigenvalue weighted by Crippen LogP contribution is 2.07. The van der Waals surface area contributed by atoms with E-state index in [9.17, 15) is 15.3 Å². The van der Waals surface area contributed by atoms with Crippen molar-refractivity contribution in [2.75, 3.05) is 34.3 Å². The van der Waals surface area contributed by atoms with Crippen LogP contribution in [0.25, 0.3) is 0 Å². The van der Waals surface area contributed by atoms with Crippen molar-refractivity contribution < 1.29 is 30.0 Å². The molecule has 0 rings (SSSR count). The summed E-state index contributed by atoms with van der Waals surface area (Å²) in [5.41, 5.74) is 0. The fraction of sp³-hybridized carbons (Fsp3) is 1.00. The van der Waals surface area contributed by atoms with Crippen LogP contribution in [0.1, 0.15) is 0 Å². The summed E-state index contributed by atoms with van der Waals surface area (Å²) in [6, 6.07) is 0. The van der Waals surface area contributed by atoms with Gasteiger partial charge in [0.2, 0.25) is 0 Å². The molecule has 100 valence electrons. The Bertz CT molecular complexity index is 187. The zero-order valence-corrected chi connectivity index (χ0v) is 11.5. The Kier molecular flexibility index (Phi) is 8.77. The third-order valence-electron chi connectivity index (χ3n) is 2.06. The van der Waals surface area contributed by atoms with E-state index in [0.29, 0.717) is 4.48 Å². The Morgan fingerprint density at radius 1 is 0.875 bits per heavy atom. The Morgan fingerprint density at radius 3 is 1.56 bits per heavy atom. The van der Waals surface area contributed by atoms with Crippen molar-refractivity contribution >= 4 is 17.0 Å². The first-order valence-electron chi connectivity index (χ1n) is 4.82. The second-order valence-corrected chi connectivity index (χ2v) is 4.77. The summed E-state index contributed by atoms with van der Waals surface area (Å²) in [6.07, 6.45) is -5.61. The highest BCUT2D eigenvalue weighted by atomic mass is 79.9. The van der Waals surface area contributed by atoms with Gasteiger partial charge >= 0.3 is 0 Å². The van der Waals surface area contributed by atoms with Crippen LogP contribution in [0, 0.1) is 0 Å². The van der Waals surface area contributed by atoms with Crippen LogP contribution in [0.2, 0.25) is 0 Å². The summed E-state index contributed by atoms with van der Waals surface area (Å²) < 4.78 is 0.417. The summed E-state index contributed by atoms with van der Waals surface area (Å²) in [7, 11) is 5.47. The lowest BCUT2D eigenvalue weighted by molar-refractivity contribution is -0.874. The maximum absolute atomic E-state index is 9.55. The van der Waals surface area contributed by atoms with Crippen molar-refractivity contribution in [2.24, 2.45) is 0 Å². The minimum atomic E-state index is -1.54.